The molecule has 1 aromatic carbocycles. The highest BCUT2D eigenvalue weighted by atomic mass is 32.2. The van der Waals surface area contributed by atoms with Crippen molar-refractivity contribution in [3.05, 3.63) is 24.3 Å². The summed E-state index contributed by atoms with van der Waals surface area (Å²) < 4.78 is 5.41. The number of ether oxygens (including phenoxy) is 1. The van der Waals surface area contributed by atoms with Gasteiger partial charge in [0, 0.05) is 26.2 Å². The van der Waals surface area contributed by atoms with E-state index >= 15 is 0 Å². The van der Waals surface area contributed by atoms with E-state index in [0.29, 0.717) is 5.75 Å². The molecule has 1 heterocycles. The van der Waals surface area contributed by atoms with Gasteiger partial charge in [-0.25, -0.2) is 0 Å². The Hall–Kier alpha value is -1.36. The number of carbonyl (C=O) groups excluding carboxylic acids is 1. The van der Waals surface area contributed by atoms with Crippen molar-refractivity contribution in [3.63, 3.8) is 0 Å². The van der Waals surface area contributed by atoms with Crippen LogP contribution in [0.1, 0.15) is 13.3 Å². The first kappa shape index (κ1) is 16.0. The van der Waals surface area contributed by atoms with Gasteiger partial charge >= 0.3 is 0 Å². The van der Waals surface area contributed by atoms with E-state index in [1.165, 1.54) is 0 Å². The molecule has 1 aromatic rings. The quantitative estimate of drug-likeness (QED) is 0.756. The summed E-state index contributed by atoms with van der Waals surface area (Å²) >= 11 is 1.73. The Bertz CT molecular complexity index is 459. The first-order valence-electron chi connectivity index (χ1n) is 7.49. The van der Waals surface area contributed by atoms with Gasteiger partial charge in [0.25, 0.3) is 0 Å². The van der Waals surface area contributed by atoms with Crippen LogP contribution in [-0.2, 0) is 4.79 Å². The number of benzene rings is 1. The number of thioether (sulfide) groups is 1. The minimum atomic E-state index is 0.271. The lowest BCUT2D eigenvalue weighted by Crippen LogP contribution is -2.49. The molecular formula is C16H24N2O2S. The largest absolute Gasteiger partial charge is 0.495 e. The summed E-state index contributed by atoms with van der Waals surface area (Å²) in [6.07, 6.45) is 1.12. The van der Waals surface area contributed by atoms with E-state index in [1.807, 2.05) is 23.1 Å². The summed E-state index contributed by atoms with van der Waals surface area (Å²) in [7, 11) is 1.70. The zero-order valence-corrected chi connectivity index (χ0v) is 13.7. The van der Waals surface area contributed by atoms with Crippen molar-refractivity contribution in [1.29, 1.82) is 0 Å². The minimum absolute atomic E-state index is 0.271. The predicted octanol–water partition coefficient (Wildman–Crippen LogP) is 2.49. The number of para-hydroxylation sites is 2. The Morgan fingerprint density at radius 3 is 2.62 bits per heavy atom. The summed E-state index contributed by atoms with van der Waals surface area (Å²) in [6, 6.07) is 8.06. The molecule has 0 aliphatic carbocycles. The van der Waals surface area contributed by atoms with Gasteiger partial charge in [0.05, 0.1) is 18.6 Å². The maximum atomic E-state index is 12.1. The average molecular weight is 308 g/mol. The van der Waals surface area contributed by atoms with Crippen molar-refractivity contribution in [2.45, 2.75) is 13.3 Å². The van der Waals surface area contributed by atoms with Crippen molar-refractivity contribution in [1.82, 2.24) is 4.90 Å². The van der Waals surface area contributed by atoms with Crippen LogP contribution in [0, 0.1) is 0 Å². The number of methoxy groups -OCH3 is 1. The molecule has 5 heteroatoms. The van der Waals surface area contributed by atoms with Crippen LogP contribution in [0.25, 0.3) is 0 Å². The molecule has 0 atom stereocenters. The fourth-order valence-electron chi connectivity index (χ4n) is 2.48. The van der Waals surface area contributed by atoms with E-state index < -0.39 is 0 Å². The number of hydrogen-bond acceptors (Lipinski definition) is 4. The van der Waals surface area contributed by atoms with E-state index in [2.05, 4.69) is 17.9 Å². The number of carbonyl (C=O) groups is 1. The topological polar surface area (TPSA) is 32.8 Å². The summed E-state index contributed by atoms with van der Waals surface area (Å²) in [5.74, 6) is 2.85. The Morgan fingerprint density at radius 1 is 1.24 bits per heavy atom. The van der Waals surface area contributed by atoms with E-state index in [4.69, 9.17) is 4.74 Å². The van der Waals surface area contributed by atoms with Gasteiger partial charge in [0.15, 0.2) is 0 Å². The molecule has 21 heavy (non-hydrogen) atoms. The van der Waals surface area contributed by atoms with Crippen LogP contribution in [0.15, 0.2) is 24.3 Å². The van der Waals surface area contributed by atoms with E-state index in [-0.39, 0.29) is 5.91 Å². The smallest absolute Gasteiger partial charge is 0.232 e. The van der Waals surface area contributed by atoms with Gasteiger partial charge in [-0.2, -0.15) is 11.8 Å². The third-order valence-electron chi connectivity index (χ3n) is 3.63. The van der Waals surface area contributed by atoms with E-state index in [0.717, 1.165) is 49.8 Å². The molecular weight excluding hydrogens is 284 g/mol. The third-order valence-corrected chi connectivity index (χ3v) is 4.78. The Kier molecular flexibility index (Phi) is 6.23. The highest BCUT2D eigenvalue weighted by molar-refractivity contribution is 7.99. The van der Waals surface area contributed by atoms with Crippen LogP contribution in [0.5, 0.6) is 5.75 Å². The second-order valence-corrected chi connectivity index (χ2v) is 6.20. The van der Waals surface area contributed by atoms with Gasteiger partial charge in [-0.1, -0.05) is 19.1 Å². The monoisotopic (exact) mass is 308 g/mol. The number of amides is 1. The lowest BCUT2D eigenvalue weighted by molar-refractivity contribution is -0.128. The standard InChI is InChI=1S/C16H24N2O2S/c1-3-12-21-13-16(19)18-10-8-17(9-11-18)14-6-4-5-7-15(14)20-2/h4-7H,3,8-13H2,1-2H3. The first-order valence-corrected chi connectivity index (χ1v) is 8.65. The number of anilines is 1. The van der Waals surface area contributed by atoms with Gasteiger partial charge < -0.3 is 14.5 Å². The molecule has 1 amide bonds. The van der Waals surface area contributed by atoms with Gasteiger partial charge in [-0.05, 0) is 24.3 Å². The van der Waals surface area contributed by atoms with Gasteiger partial charge in [-0.15, -0.1) is 0 Å². The third kappa shape index (κ3) is 4.30. The van der Waals surface area contributed by atoms with Crippen molar-refractivity contribution < 1.29 is 9.53 Å². The van der Waals surface area contributed by atoms with Crippen molar-refractivity contribution in [3.8, 4) is 5.75 Å². The van der Waals surface area contributed by atoms with Gasteiger partial charge in [-0.3, -0.25) is 4.79 Å². The lowest BCUT2D eigenvalue weighted by Gasteiger charge is -2.36. The number of nitrogens with zero attached hydrogens (tertiary/aromatic N) is 2. The molecule has 0 unspecified atom stereocenters. The zero-order chi connectivity index (χ0) is 15.1. The van der Waals surface area contributed by atoms with Crippen molar-refractivity contribution >= 4 is 23.4 Å². The number of hydrogen-bond donors (Lipinski definition) is 0. The molecule has 0 spiro atoms. The SMILES string of the molecule is CCCSCC(=O)N1CCN(c2ccccc2OC)CC1. The molecule has 0 radical (unpaired) electrons. The molecule has 0 saturated carbocycles. The second-order valence-electron chi connectivity index (χ2n) is 5.09. The molecule has 1 saturated heterocycles. The summed E-state index contributed by atoms with van der Waals surface area (Å²) in [5, 5.41) is 0. The van der Waals surface area contributed by atoms with Crippen LogP contribution in [0.3, 0.4) is 0 Å². The van der Waals surface area contributed by atoms with Crippen LogP contribution < -0.4 is 9.64 Å². The highest BCUT2D eigenvalue weighted by Crippen LogP contribution is 2.28. The summed E-state index contributed by atoms with van der Waals surface area (Å²) in [4.78, 5) is 16.4. The Labute approximate surface area is 131 Å². The molecule has 1 aliphatic rings. The van der Waals surface area contributed by atoms with Crippen LogP contribution >= 0.6 is 11.8 Å². The fraction of sp³-hybridized carbons (Fsp3) is 0.562. The second kappa shape index (κ2) is 8.17. The van der Waals surface area contributed by atoms with E-state index in [1.54, 1.807) is 18.9 Å². The van der Waals surface area contributed by atoms with Crippen molar-refractivity contribution in [2.75, 3.05) is 49.7 Å². The van der Waals surface area contributed by atoms with Gasteiger partial charge in [0.1, 0.15) is 5.75 Å². The highest BCUT2D eigenvalue weighted by Gasteiger charge is 2.22. The number of rotatable bonds is 6. The molecule has 116 valence electrons. The summed E-state index contributed by atoms with van der Waals surface area (Å²) in [6.45, 7) is 5.46. The van der Waals surface area contributed by atoms with Gasteiger partial charge in [0.2, 0.25) is 5.91 Å². The van der Waals surface area contributed by atoms with Crippen LogP contribution in [0.2, 0.25) is 0 Å². The van der Waals surface area contributed by atoms with E-state index in [9.17, 15) is 4.79 Å². The molecule has 2 rings (SSSR count). The predicted molar refractivity (Wildman–Crippen MR) is 89.4 cm³/mol. The lowest BCUT2D eigenvalue weighted by atomic mass is 10.2. The normalized spacial score (nSPS) is 15.1. The first-order chi connectivity index (χ1) is 10.3. The maximum Gasteiger partial charge on any atom is 0.232 e. The molecule has 1 aliphatic heterocycles. The average Bonchev–Trinajstić information content (AvgIpc) is 2.55. The zero-order valence-electron chi connectivity index (χ0n) is 12.9. The fourth-order valence-corrected chi connectivity index (χ4v) is 3.27. The minimum Gasteiger partial charge on any atom is -0.495 e. The molecule has 0 aromatic heterocycles. The van der Waals surface area contributed by atoms with Crippen LogP contribution in [-0.4, -0.2) is 55.6 Å². The Balaban J connectivity index is 1.87. The molecule has 0 N–H and O–H groups in total. The summed E-state index contributed by atoms with van der Waals surface area (Å²) in [5.41, 5.74) is 1.12. The molecule has 0 bridgehead atoms. The molecule has 4 nitrogen and oxygen atoms in total. The maximum absolute atomic E-state index is 12.1. The Morgan fingerprint density at radius 2 is 1.95 bits per heavy atom. The van der Waals surface area contributed by atoms with Crippen molar-refractivity contribution in [2.24, 2.45) is 0 Å². The number of piperazine rings is 1. The van der Waals surface area contributed by atoms with Crippen LogP contribution in [0.4, 0.5) is 5.69 Å². The molecule has 1 fully saturated rings.